The van der Waals surface area contributed by atoms with Gasteiger partial charge in [-0.05, 0) is 19.1 Å². The Labute approximate surface area is 119 Å². The molecule has 1 N–H and O–H groups in total. The summed E-state index contributed by atoms with van der Waals surface area (Å²) in [6.07, 6.45) is 0.544. The van der Waals surface area contributed by atoms with Crippen molar-refractivity contribution in [3.8, 4) is 11.5 Å². The first-order valence-corrected chi connectivity index (χ1v) is 6.86. The average molecular weight is 278 g/mol. The van der Waals surface area contributed by atoms with Crippen LogP contribution in [0.4, 0.5) is 0 Å². The molecule has 5 nitrogen and oxygen atoms in total. The Kier molecular flexibility index (Phi) is 4.84. The Hall–Kier alpha value is -1.75. The minimum Gasteiger partial charge on any atom is -0.497 e. The Morgan fingerprint density at radius 1 is 1.35 bits per heavy atom. The standard InChI is InChI=1S/C15H22N2O3/c1-11-9-17(15(18)6-7-16-11)10-12-4-5-13(19-2)8-14(12)20-3/h4-5,8,11,16H,6-7,9-10H2,1-3H3/t11-/m0/s1. The zero-order valence-corrected chi connectivity index (χ0v) is 12.3. The number of hydrogen-bond donors (Lipinski definition) is 1. The van der Waals surface area contributed by atoms with Crippen molar-refractivity contribution in [2.75, 3.05) is 27.3 Å². The molecule has 0 aromatic heterocycles. The molecule has 1 amide bonds. The van der Waals surface area contributed by atoms with Gasteiger partial charge in [-0.15, -0.1) is 0 Å². The molecule has 0 bridgehead atoms. The molecule has 0 aliphatic carbocycles. The Bertz CT molecular complexity index is 476. The number of methoxy groups -OCH3 is 2. The van der Waals surface area contributed by atoms with E-state index in [1.54, 1.807) is 14.2 Å². The second-order valence-corrected chi connectivity index (χ2v) is 5.06. The highest BCUT2D eigenvalue weighted by molar-refractivity contribution is 5.76. The van der Waals surface area contributed by atoms with Crippen molar-refractivity contribution in [2.45, 2.75) is 25.9 Å². The van der Waals surface area contributed by atoms with Crippen LogP contribution >= 0.6 is 0 Å². The van der Waals surface area contributed by atoms with Crippen molar-refractivity contribution in [3.63, 3.8) is 0 Å². The van der Waals surface area contributed by atoms with E-state index in [-0.39, 0.29) is 5.91 Å². The highest BCUT2D eigenvalue weighted by Gasteiger charge is 2.21. The fourth-order valence-electron chi connectivity index (χ4n) is 2.42. The number of amides is 1. The number of nitrogens with one attached hydrogen (secondary N) is 1. The van der Waals surface area contributed by atoms with Crippen LogP contribution in [0.15, 0.2) is 18.2 Å². The number of nitrogens with zero attached hydrogens (tertiary/aromatic N) is 1. The minimum absolute atomic E-state index is 0.180. The van der Waals surface area contributed by atoms with Gasteiger partial charge in [0.15, 0.2) is 0 Å². The molecule has 1 aromatic rings. The van der Waals surface area contributed by atoms with Gasteiger partial charge in [0.25, 0.3) is 0 Å². The Morgan fingerprint density at radius 3 is 2.85 bits per heavy atom. The quantitative estimate of drug-likeness (QED) is 0.905. The van der Waals surface area contributed by atoms with Gasteiger partial charge in [0.1, 0.15) is 11.5 Å². The third-order valence-electron chi connectivity index (χ3n) is 3.53. The van der Waals surface area contributed by atoms with Gasteiger partial charge in [0.05, 0.1) is 14.2 Å². The van der Waals surface area contributed by atoms with Gasteiger partial charge in [0, 0.05) is 43.7 Å². The van der Waals surface area contributed by atoms with Crippen LogP contribution in [0.25, 0.3) is 0 Å². The number of ether oxygens (including phenoxy) is 2. The summed E-state index contributed by atoms with van der Waals surface area (Å²) < 4.78 is 10.6. The molecule has 0 radical (unpaired) electrons. The van der Waals surface area contributed by atoms with E-state index in [9.17, 15) is 4.79 Å². The van der Waals surface area contributed by atoms with Gasteiger partial charge in [-0.1, -0.05) is 0 Å². The van der Waals surface area contributed by atoms with Crippen molar-refractivity contribution < 1.29 is 14.3 Å². The van der Waals surface area contributed by atoms with Gasteiger partial charge in [-0.2, -0.15) is 0 Å². The van der Waals surface area contributed by atoms with E-state index in [4.69, 9.17) is 9.47 Å². The van der Waals surface area contributed by atoms with E-state index in [0.717, 1.165) is 23.6 Å². The predicted molar refractivity (Wildman–Crippen MR) is 77.0 cm³/mol. The summed E-state index contributed by atoms with van der Waals surface area (Å²) in [7, 11) is 3.26. The van der Waals surface area contributed by atoms with E-state index in [1.807, 2.05) is 23.1 Å². The molecule has 0 saturated carbocycles. The second-order valence-electron chi connectivity index (χ2n) is 5.06. The Balaban J connectivity index is 2.17. The summed E-state index contributed by atoms with van der Waals surface area (Å²) >= 11 is 0. The largest absolute Gasteiger partial charge is 0.497 e. The Morgan fingerprint density at radius 2 is 2.15 bits per heavy atom. The van der Waals surface area contributed by atoms with Crippen molar-refractivity contribution in [2.24, 2.45) is 0 Å². The molecule has 5 heteroatoms. The third kappa shape index (κ3) is 3.42. The minimum atomic E-state index is 0.180. The van der Waals surface area contributed by atoms with Crippen LogP contribution < -0.4 is 14.8 Å². The topological polar surface area (TPSA) is 50.8 Å². The van der Waals surface area contributed by atoms with Crippen LogP contribution in [-0.4, -0.2) is 44.2 Å². The van der Waals surface area contributed by atoms with Crippen LogP contribution in [0.5, 0.6) is 11.5 Å². The molecule has 1 saturated heterocycles. The van der Waals surface area contributed by atoms with Crippen LogP contribution in [0.2, 0.25) is 0 Å². The number of rotatable bonds is 4. The normalized spacial score (nSPS) is 19.6. The molecule has 1 aliphatic rings. The number of benzene rings is 1. The lowest BCUT2D eigenvalue weighted by Gasteiger charge is -2.24. The monoisotopic (exact) mass is 278 g/mol. The van der Waals surface area contributed by atoms with Gasteiger partial charge in [0.2, 0.25) is 5.91 Å². The predicted octanol–water partition coefficient (Wildman–Crippen LogP) is 1.41. The molecule has 110 valence electrons. The number of hydrogen-bond acceptors (Lipinski definition) is 4. The fourth-order valence-corrected chi connectivity index (χ4v) is 2.42. The second kappa shape index (κ2) is 6.61. The van der Waals surface area contributed by atoms with Gasteiger partial charge in [-0.25, -0.2) is 0 Å². The van der Waals surface area contributed by atoms with E-state index < -0.39 is 0 Å². The summed E-state index contributed by atoms with van der Waals surface area (Å²) in [6, 6.07) is 6.00. The van der Waals surface area contributed by atoms with Crippen LogP contribution in [0.3, 0.4) is 0 Å². The first kappa shape index (κ1) is 14.7. The molecular weight excluding hydrogens is 256 g/mol. The van der Waals surface area contributed by atoms with Crippen molar-refractivity contribution in [3.05, 3.63) is 23.8 Å². The highest BCUT2D eigenvalue weighted by Crippen LogP contribution is 2.26. The van der Waals surface area contributed by atoms with Crippen molar-refractivity contribution in [1.82, 2.24) is 10.2 Å². The van der Waals surface area contributed by atoms with Gasteiger partial charge >= 0.3 is 0 Å². The molecule has 1 atom stereocenters. The fraction of sp³-hybridized carbons (Fsp3) is 0.533. The summed E-state index contributed by atoms with van der Waals surface area (Å²) in [5.74, 6) is 1.68. The van der Waals surface area contributed by atoms with Gasteiger partial charge < -0.3 is 19.7 Å². The SMILES string of the molecule is COc1ccc(CN2C[C@H](C)NCCC2=O)c(OC)c1. The summed E-state index contributed by atoms with van der Waals surface area (Å²) in [5, 5.41) is 3.32. The van der Waals surface area contributed by atoms with Crippen LogP contribution in [0, 0.1) is 0 Å². The molecule has 20 heavy (non-hydrogen) atoms. The van der Waals surface area contributed by atoms with E-state index in [1.165, 1.54) is 0 Å². The summed E-state index contributed by atoms with van der Waals surface area (Å²) in [4.78, 5) is 14.0. The zero-order chi connectivity index (χ0) is 14.5. The molecule has 0 unspecified atom stereocenters. The molecular formula is C15H22N2O3. The molecule has 0 spiro atoms. The maximum Gasteiger partial charge on any atom is 0.224 e. The molecule has 1 heterocycles. The summed E-state index contributed by atoms with van der Waals surface area (Å²) in [5.41, 5.74) is 0.996. The van der Waals surface area contributed by atoms with Gasteiger partial charge in [-0.3, -0.25) is 4.79 Å². The average Bonchev–Trinajstić information content (AvgIpc) is 2.61. The lowest BCUT2D eigenvalue weighted by Crippen LogP contribution is -2.37. The van der Waals surface area contributed by atoms with Crippen LogP contribution in [0.1, 0.15) is 18.9 Å². The molecule has 2 rings (SSSR count). The van der Waals surface area contributed by atoms with Crippen molar-refractivity contribution >= 4 is 5.91 Å². The molecule has 1 aromatic carbocycles. The lowest BCUT2D eigenvalue weighted by molar-refractivity contribution is -0.131. The summed E-state index contributed by atoms with van der Waals surface area (Å²) in [6.45, 7) is 4.12. The van der Waals surface area contributed by atoms with E-state index >= 15 is 0 Å². The maximum atomic E-state index is 12.1. The zero-order valence-electron chi connectivity index (χ0n) is 12.3. The third-order valence-corrected chi connectivity index (χ3v) is 3.53. The van der Waals surface area contributed by atoms with Crippen molar-refractivity contribution in [1.29, 1.82) is 0 Å². The van der Waals surface area contributed by atoms with Crippen LogP contribution in [-0.2, 0) is 11.3 Å². The van der Waals surface area contributed by atoms with E-state index in [0.29, 0.717) is 25.6 Å². The lowest BCUT2D eigenvalue weighted by atomic mass is 10.1. The molecule has 1 fully saturated rings. The highest BCUT2D eigenvalue weighted by atomic mass is 16.5. The number of carbonyl (C=O) groups excluding carboxylic acids is 1. The first-order valence-electron chi connectivity index (χ1n) is 6.86. The smallest absolute Gasteiger partial charge is 0.224 e. The number of carbonyl (C=O) groups is 1. The first-order chi connectivity index (χ1) is 9.63. The maximum absolute atomic E-state index is 12.1. The molecule has 1 aliphatic heterocycles. The van der Waals surface area contributed by atoms with E-state index in [2.05, 4.69) is 12.2 Å².